The molecule has 4 nitrogen and oxygen atoms in total. The lowest BCUT2D eigenvalue weighted by Gasteiger charge is -2.18. The first-order chi connectivity index (χ1) is 19.8. The van der Waals surface area contributed by atoms with Crippen LogP contribution in [0.15, 0.2) is 121 Å². The molecule has 8 rings (SSSR count). The van der Waals surface area contributed by atoms with E-state index in [0.717, 1.165) is 60.1 Å². The average Bonchev–Trinajstić information content (AvgIpc) is 3.53. The number of hydrogen-bond acceptors (Lipinski definition) is 1. The number of nitrogens with zero attached hydrogens (tertiary/aromatic N) is 4. The molecule has 0 atom stereocenters. The Morgan fingerprint density at radius 1 is 0.550 bits per heavy atom. The molecule has 0 bridgehead atoms. The zero-order chi connectivity index (χ0) is 26.8. The van der Waals surface area contributed by atoms with E-state index < -0.39 is 0 Å². The van der Waals surface area contributed by atoms with Crippen LogP contribution >= 0.6 is 0 Å². The molecule has 2 heterocycles. The number of nitriles is 1. The van der Waals surface area contributed by atoms with Crippen LogP contribution in [0, 0.1) is 17.9 Å². The van der Waals surface area contributed by atoms with E-state index in [9.17, 15) is 5.26 Å². The van der Waals surface area contributed by atoms with Gasteiger partial charge in [0.15, 0.2) is 0 Å². The van der Waals surface area contributed by atoms with Gasteiger partial charge in [-0.1, -0.05) is 97.1 Å². The van der Waals surface area contributed by atoms with E-state index in [2.05, 4.69) is 92.8 Å². The maximum Gasteiger partial charge on any atom is 0.212 e. The second-order valence-electron chi connectivity index (χ2n) is 9.96. The number of para-hydroxylation sites is 3. The number of hydrogen-bond donors (Lipinski definition) is 0. The van der Waals surface area contributed by atoms with Crippen molar-refractivity contribution in [2.24, 2.45) is 0 Å². The summed E-state index contributed by atoms with van der Waals surface area (Å²) in [5.41, 5.74) is 6.29. The molecule has 8 aromatic rings. The van der Waals surface area contributed by atoms with Crippen LogP contribution in [0.1, 0.15) is 5.56 Å². The largest absolute Gasteiger partial charge is 0.318 e. The molecule has 0 saturated heterocycles. The first-order valence-electron chi connectivity index (χ1n) is 13.1. The second kappa shape index (κ2) is 8.33. The molecule has 184 valence electrons. The second-order valence-corrected chi connectivity index (χ2v) is 9.96. The van der Waals surface area contributed by atoms with Crippen LogP contribution in [0.3, 0.4) is 0 Å². The summed E-state index contributed by atoms with van der Waals surface area (Å²) in [5.74, 6) is 0. The zero-order valence-electron chi connectivity index (χ0n) is 21.3. The Morgan fingerprint density at radius 2 is 1.10 bits per heavy atom. The van der Waals surface area contributed by atoms with Crippen molar-refractivity contribution in [1.82, 2.24) is 9.13 Å². The summed E-state index contributed by atoms with van der Waals surface area (Å²) in [6.07, 6.45) is 0. The third-order valence-corrected chi connectivity index (χ3v) is 7.97. The van der Waals surface area contributed by atoms with Gasteiger partial charge < -0.3 is 9.13 Å². The van der Waals surface area contributed by atoms with Crippen LogP contribution in [0.25, 0.3) is 70.6 Å². The van der Waals surface area contributed by atoms with Gasteiger partial charge in [-0.15, -0.1) is 0 Å². The van der Waals surface area contributed by atoms with E-state index >= 15 is 0 Å². The Labute approximate surface area is 230 Å². The predicted molar refractivity (Wildman–Crippen MR) is 164 cm³/mol. The molecule has 0 aliphatic rings. The van der Waals surface area contributed by atoms with Gasteiger partial charge in [0.25, 0.3) is 0 Å². The topological polar surface area (TPSA) is 38.0 Å². The van der Waals surface area contributed by atoms with Crippen LogP contribution < -0.4 is 0 Å². The van der Waals surface area contributed by atoms with E-state index in [1.807, 2.05) is 48.5 Å². The molecule has 0 fully saturated rings. The zero-order valence-corrected chi connectivity index (χ0v) is 21.3. The Bertz CT molecular complexity index is 2350. The summed E-state index contributed by atoms with van der Waals surface area (Å²) >= 11 is 0. The third-order valence-electron chi connectivity index (χ3n) is 7.97. The Hall–Kier alpha value is -5.84. The van der Waals surface area contributed by atoms with Gasteiger partial charge in [0.1, 0.15) is 6.07 Å². The van der Waals surface area contributed by atoms with Crippen molar-refractivity contribution in [1.29, 1.82) is 5.26 Å². The summed E-state index contributed by atoms with van der Waals surface area (Å²) in [5, 5.41) is 17.5. The number of fused-ring (bicyclic) bond motifs is 8. The Balaban J connectivity index is 1.59. The highest BCUT2D eigenvalue weighted by Gasteiger charge is 2.23. The quantitative estimate of drug-likeness (QED) is 0.214. The third kappa shape index (κ3) is 2.88. The highest BCUT2D eigenvalue weighted by atomic mass is 15.0. The van der Waals surface area contributed by atoms with Gasteiger partial charge in [-0.05, 0) is 29.7 Å². The molecular weight excluding hydrogens is 488 g/mol. The molecular formula is C36H20N4. The van der Waals surface area contributed by atoms with Gasteiger partial charge in [0.05, 0.1) is 45.6 Å². The molecule has 0 spiro atoms. The molecule has 0 aliphatic heterocycles. The van der Waals surface area contributed by atoms with Crippen LogP contribution in [0.2, 0.25) is 0 Å². The standard InChI is InChI=1S/C36H20N4/c1-38-30-20-21-34(29(22-37)36(30)40-31-15-7-4-12-25(31)26-13-5-8-16-32(26)40)39-33-17-9-6-14-27(33)28-19-18-23-10-2-3-11-24(23)35(28)39/h2-21H. The fourth-order valence-electron chi connectivity index (χ4n) is 6.33. The molecule has 0 amide bonds. The number of benzene rings is 6. The van der Waals surface area contributed by atoms with Crippen LogP contribution in [-0.2, 0) is 0 Å². The van der Waals surface area contributed by atoms with Gasteiger partial charge >= 0.3 is 0 Å². The van der Waals surface area contributed by atoms with Crippen LogP contribution in [0.5, 0.6) is 0 Å². The lowest BCUT2D eigenvalue weighted by molar-refractivity contribution is 1.12. The molecule has 0 saturated carbocycles. The van der Waals surface area contributed by atoms with E-state index in [4.69, 9.17) is 6.57 Å². The molecule has 40 heavy (non-hydrogen) atoms. The Kier molecular flexibility index (Phi) is 4.62. The molecule has 2 aromatic heterocycles. The highest BCUT2D eigenvalue weighted by Crippen LogP contribution is 2.42. The first kappa shape index (κ1) is 22.2. The first-order valence-corrected chi connectivity index (χ1v) is 13.1. The number of rotatable bonds is 2. The van der Waals surface area contributed by atoms with E-state index in [1.54, 1.807) is 0 Å². The van der Waals surface area contributed by atoms with E-state index in [-0.39, 0.29) is 0 Å². The van der Waals surface area contributed by atoms with Gasteiger partial charge in [0, 0.05) is 26.9 Å². The van der Waals surface area contributed by atoms with Gasteiger partial charge in [-0.25, -0.2) is 4.85 Å². The molecule has 0 radical (unpaired) electrons. The summed E-state index contributed by atoms with van der Waals surface area (Å²) < 4.78 is 4.29. The van der Waals surface area contributed by atoms with Crippen molar-refractivity contribution in [3.8, 4) is 17.4 Å². The average molecular weight is 509 g/mol. The minimum atomic E-state index is 0.442. The summed E-state index contributed by atoms with van der Waals surface area (Å²) in [7, 11) is 0. The molecule has 0 aliphatic carbocycles. The number of aromatic nitrogens is 2. The fourth-order valence-corrected chi connectivity index (χ4v) is 6.33. The maximum atomic E-state index is 10.8. The van der Waals surface area contributed by atoms with Gasteiger partial charge in [-0.3, -0.25) is 0 Å². The smallest absolute Gasteiger partial charge is 0.212 e. The van der Waals surface area contributed by atoms with Gasteiger partial charge in [0.2, 0.25) is 5.69 Å². The lowest BCUT2D eigenvalue weighted by atomic mass is 10.1. The normalized spacial score (nSPS) is 11.4. The van der Waals surface area contributed by atoms with Crippen molar-refractivity contribution < 1.29 is 0 Å². The van der Waals surface area contributed by atoms with Gasteiger partial charge in [-0.2, -0.15) is 5.26 Å². The molecule has 6 aromatic carbocycles. The van der Waals surface area contributed by atoms with E-state index in [0.29, 0.717) is 16.9 Å². The summed E-state index contributed by atoms with van der Waals surface area (Å²) in [4.78, 5) is 3.91. The monoisotopic (exact) mass is 508 g/mol. The van der Waals surface area contributed by atoms with Crippen molar-refractivity contribution in [2.75, 3.05) is 0 Å². The van der Waals surface area contributed by atoms with E-state index in [1.165, 1.54) is 0 Å². The predicted octanol–water partition coefficient (Wildman–Crippen LogP) is 9.46. The van der Waals surface area contributed by atoms with Crippen molar-refractivity contribution in [2.45, 2.75) is 0 Å². The minimum absolute atomic E-state index is 0.442. The lowest BCUT2D eigenvalue weighted by Crippen LogP contribution is -2.04. The fraction of sp³-hybridized carbons (Fsp3) is 0. The van der Waals surface area contributed by atoms with Crippen molar-refractivity contribution >= 4 is 60.1 Å². The molecule has 0 unspecified atom stereocenters. The highest BCUT2D eigenvalue weighted by molar-refractivity contribution is 6.19. The minimum Gasteiger partial charge on any atom is -0.318 e. The maximum absolute atomic E-state index is 10.8. The van der Waals surface area contributed by atoms with Crippen LogP contribution in [-0.4, -0.2) is 9.13 Å². The SMILES string of the molecule is [C-]#[N+]c1ccc(-n2c3ccccc3c3ccc4ccccc4c32)c(C#N)c1-n1c2ccccc2c2ccccc21. The summed E-state index contributed by atoms with van der Waals surface area (Å²) in [6, 6.07) is 43.7. The molecule has 0 N–H and O–H groups in total. The van der Waals surface area contributed by atoms with Crippen LogP contribution in [0.4, 0.5) is 5.69 Å². The summed E-state index contributed by atoms with van der Waals surface area (Å²) in [6.45, 7) is 8.09. The van der Waals surface area contributed by atoms with Crippen molar-refractivity contribution in [3.05, 3.63) is 138 Å². The molecule has 4 heteroatoms. The van der Waals surface area contributed by atoms with Crippen molar-refractivity contribution in [3.63, 3.8) is 0 Å². The Morgan fingerprint density at radius 3 is 1.73 bits per heavy atom.